The van der Waals surface area contributed by atoms with Gasteiger partial charge in [-0.15, -0.1) is 11.3 Å². The van der Waals surface area contributed by atoms with Crippen molar-refractivity contribution in [2.24, 2.45) is 0 Å². The van der Waals surface area contributed by atoms with Crippen molar-refractivity contribution >= 4 is 27.0 Å². The molecule has 0 aliphatic heterocycles. The molecule has 0 aliphatic rings. The summed E-state index contributed by atoms with van der Waals surface area (Å²) in [5.41, 5.74) is -0.337. The molecule has 2 aromatic rings. The number of ketones is 1. The van der Waals surface area contributed by atoms with Crippen molar-refractivity contribution in [1.29, 1.82) is 0 Å². The molecule has 0 saturated heterocycles. The minimum absolute atomic E-state index is 0.159. The zero-order valence-corrected chi connectivity index (χ0v) is 17.8. The van der Waals surface area contributed by atoms with Crippen LogP contribution in [-0.2, 0) is 32.6 Å². The van der Waals surface area contributed by atoms with Crippen LogP contribution in [-0.4, -0.2) is 23.9 Å². The second-order valence-electron chi connectivity index (χ2n) is 8.01. The van der Waals surface area contributed by atoms with Crippen molar-refractivity contribution in [3.05, 3.63) is 45.9 Å². The van der Waals surface area contributed by atoms with Gasteiger partial charge in [0.15, 0.2) is 15.6 Å². The van der Waals surface area contributed by atoms with Crippen LogP contribution in [0.1, 0.15) is 50.9 Å². The third-order valence-corrected chi connectivity index (χ3v) is 7.78. The Kier molecular flexibility index (Phi) is 5.84. The lowest BCUT2D eigenvalue weighted by Gasteiger charge is -2.23. The van der Waals surface area contributed by atoms with Crippen LogP contribution < -0.4 is 0 Å². The Morgan fingerprint density at radius 1 is 1.04 bits per heavy atom. The number of thiazole rings is 1. The number of benzene rings is 1. The first-order valence-corrected chi connectivity index (χ1v) is 10.8. The standard InChI is InChI=1S/C19H22F3NO3S2/c1-17(2,3)14-11-27-16(23-14)10-15(24)18(4,5)28(25,26)13-8-6-12(7-9-13)19(20,21)22/h6-9,11H,10H2,1-5H3. The van der Waals surface area contributed by atoms with Gasteiger partial charge < -0.3 is 0 Å². The van der Waals surface area contributed by atoms with Gasteiger partial charge in [-0.05, 0) is 38.1 Å². The van der Waals surface area contributed by atoms with E-state index in [-0.39, 0.29) is 16.7 Å². The minimum Gasteiger partial charge on any atom is -0.297 e. The molecular weight excluding hydrogens is 411 g/mol. The fourth-order valence-corrected chi connectivity index (χ4v) is 4.83. The van der Waals surface area contributed by atoms with Crippen LogP contribution in [0, 0.1) is 0 Å². The molecule has 0 fully saturated rings. The van der Waals surface area contributed by atoms with Gasteiger partial charge in [0.05, 0.1) is 22.6 Å². The monoisotopic (exact) mass is 433 g/mol. The molecule has 0 spiro atoms. The molecule has 28 heavy (non-hydrogen) atoms. The highest BCUT2D eigenvalue weighted by Gasteiger charge is 2.43. The van der Waals surface area contributed by atoms with Crippen LogP contribution in [0.3, 0.4) is 0 Å². The van der Waals surface area contributed by atoms with Crippen LogP contribution in [0.4, 0.5) is 13.2 Å². The Hall–Kier alpha value is -1.74. The van der Waals surface area contributed by atoms with E-state index >= 15 is 0 Å². The number of carbonyl (C=O) groups excluding carboxylic acids is 1. The minimum atomic E-state index is -4.57. The third-order valence-electron chi connectivity index (χ3n) is 4.47. The molecule has 1 aromatic heterocycles. The summed E-state index contributed by atoms with van der Waals surface area (Å²) in [6.07, 6.45) is -4.73. The van der Waals surface area contributed by atoms with Gasteiger partial charge in [0, 0.05) is 10.8 Å². The maximum Gasteiger partial charge on any atom is 0.416 e. The Balaban J connectivity index is 2.28. The number of alkyl halides is 3. The van der Waals surface area contributed by atoms with Crippen LogP contribution in [0.5, 0.6) is 0 Å². The third kappa shape index (κ3) is 4.46. The van der Waals surface area contributed by atoms with Crippen molar-refractivity contribution in [2.75, 3.05) is 0 Å². The van der Waals surface area contributed by atoms with E-state index in [9.17, 15) is 26.4 Å². The van der Waals surface area contributed by atoms with Crippen molar-refractivity contribution in [3.8, 4) is 0 Å². The number of nitrogens with zero attached hydrogens (tertiary/aromatic N) is 1. The van der Waals surface area contributed by atoms with Gasteiger partial charge in [-0.3, -0.25) is 4.79 Å². The molecule has 0 N–H and O–H groups in total. The van der Waals surface area contributed by atoms with E-state index in [4.69, 9.17) is 0 Å². The molecule has 0 unspecified atom stereocenters. The Morgan fingerprint density at radius 3 is 2.00 bits per heavy atom. The molecule has 2 rings (SSSR count). The number of aromatic nitrogens is 1. The van der Waals surface area contributed by atoms with E-state index in [1.54, 1.807) is 0 Å². The molecule has 0 radical (unpaired) electrons. The first-order chi connectivity index (χ1) is 12.6. The average molecular weight is 434 g/mol. The largest absolute Gasteiger partial charge is 0.416 e. The fraction of sp³-hybridized carbons (Fsp3) is 0.474. The summed E-state index contributed by atoms with van der Waals surface area (Å²) in [5, 5.41) is 2.34. The summed E-state index contributed by atoms with van der Waals surface area (Å²) in [7, 11) is -4.18. The summed E-state index contributed by atoms with van der Waals surface area (Å²) >= 11 is 1.28. The van der Waals surface area contributed by atoms with E-state index in [1.165, 1.54) is 25.2 Å². The van der Waals surface area contributed by atoms with Crippen LogP contribution in [0.25, 0.3) is 0 Å². The molecule has 0 aliphatic carbocycles. The van der Waals surface area contributed by atoms with Crippen molar-refractivity contribution in [1.82, 2.24) is 4.98 Å². The SMILES string of the molecule is CC(C)(C)c1csc(CC(=O)C(C)(C)S(=O)(=O)c2ccc(C(F)(F)F)cc2)n1. The molecule has 154 valence electrons. The zero-order valence-electron chi connectivity index (χ0n) is 16.2. The molecule has 0 amide bonds. The zero-order chi connectivity index (χ0) is 21.5. The normalized spacial score (nSPS) is 13.6. The Morgan fingerprint density at radius 2 is 1.57 bits per heavy atom. The number of Topliss-reactive ketones (excluding diaryl/α,β-unsaturated/α-hetero) is 1. The fourth-order valence-electron chi connectivity index (χ4n) is 2.35. The number of hydrogen-bond donors (Lipinski definition) is 0. The highest BCUT2D eigenvalue weighted by molar-refractivity contribution is 7.93. The number of sulfone groups is 1. The second-order valence-corrected chi connectivity index (χ2v) is 11.5. The van der Waals surface area contributed by atoms with E-state index < -0.39 is 32.1 Å². The molecule has 0 atom stereocenters. The van der Waals surface area contributed by atoms with Gasteiger partial charge in [0.2, 0.25) is 0 Å². The highest BCUT2D eigenvalue weighted by Crippen LogP contribution is 2.33. The molecule has 4 nitrogen and oxygen atoms in total. The van der Waals surface area contributed by atoms with Crippen LogP contribution in [0.15, 0.2) is 34.5 Å². The summed E-state index contributed by atoms with van der Waals surface area (Å²) in [6, 6.07) is 3.16. The summed E-state index contributed by atoms with van der Waals surface area (Å²) in [5.74, 6) is -0.567. The quantitative estimate of drug-likeness (QED) is 0.678. The molecular formula is C19H22F3NO3S2. The maximum absolute atomic E-state index is 12.9. The first-order valence-electron chi connectivity index (χ1n) is 8.47. The lowest BCUT2D eigenvalue weighted by Crippen LogP contribution is -2.41. The Bertz CT molecular complexity index is 967. The van der Waals surface area contributed by atoms with E-state index in [0.717, 1.165) is 17.8 Å². The summed E-state index contributed by atoms with van der Waals surface area (Å²) < 4.78 is 62.1. The molecule has 0 saturated carbocycles. The first kappa shape index (κ1) is 22.5. The highest BCUT2D eigenvalue weighted by atomic mass is 32.2. The van der Waals surface area contributed by atoms with Crippen molar-refractivity contribution in [3.63, 3.8) is 0 Å². The number of rotatable bonds is 5. The van der Waals surface area contributed by atoms with Crippen LogP contribution >= 0.6 is 11.3 Å². The number of hydrogen-bond acceptors (Lipinski definition) is 5. The van der Waals surface area contributed by atoms with Crippen molar-refractivity contribution < 1.29 is 26.4 Å². The van der Waals surface area contributed by atoms with Crippen LogP contribution in [0.2, 0.25) is 0 Å². The molecule has 1 aromatic carbocycles. The van der Waals surface area contributed by atoms with E-state index in [0.29, 0.717) is 17.1 Å². The Labute approximate surface area is 166 Å². The van der Waals surface area contributed by atoms with Crippen molar-refractivity contribution in [2.45, 2.75) is 62.3 Å². The molecule has 0 bridgehead atoms. The lowest BCUT2D eigenvalue weighted by atomic mass is 9.93. The smallest absolute Gasteiger partial charge is 0.297 e. The average Bonchev–Trinajstić information content (AvgIpc) is 3.02. The number of halogens is 3. The van der Waals surface area contributed by atoms with Gasteiger partial charge >= 0.3 is 6.18 Å². The molecule has 1 heterocycles. The predicted octanol–water partition coefficient (Wildman–Crippen LogP) is 4.82. The lowest BCUT2D eigenvalue weighted by molar-refractivity contribution is -0.137. The second kappa shape index (κ2) is 7.26. The summed E-state index contributed by atoms with van der Waals surface area (Å²) in [4.78, 5) is 16.8. The summed E-state index contributed by atoms with van der Waals surface area (Å²) in [6.45, 7) is 8.47. The van der Waals surface area contributed by atoms with Gasteiger partial charge in [0.1, 0.15) is 9.75 Å². The van der Waals surface area contributed by atoms with Gasteiger partial charge in [-0.1, -0.05) is 20.8 Å². The maximum atomic E-state index is 12.9. The van der Waals surface area contributed by atoms with E-state index in [2.05, 4.69) is 4.98 Å². The van der Waals surface area contributed by atoms with E-state index in [1.807, 2.05) is 26.2 Å². The molecule has 9 heteroatoms. The van der Waals surface area contributed by atoms with Gasteiger partial charge in [-0.2, -0.15) is 13.2 Å². The number of carbonyl (C=O) groups is 1. The van der Waals surface area contributed by atoms with Gasteiger partial charge in [0.25, 0.3) is 0 Å². The topological polar surface area (TPSA) is 64.1 Å². The van der Waals surface area contributed by atoms with Gasteiger partial charge in [-0.25, -0.2) is 13.4 Å². The predicted molar refractivity (Wildman–Crippen MR) is 102 cm³/mol.